The molecule has 10 heteroatoms. The molecule has 4 nitrogen and oxygen atoms in total. The molecular weight excluding hydrogens is 589 g/mol. The zero-order valence-corrected chi connectivity index (χ0v) is 25.9. The number of phenolic OH excluding ortho intramolecular Hbond substituents is 2. The van der Waals surface area contributed by atoms with E-state index in [4.69, 9.17) is 9.98 Å². The Balaban J connectivity index is 1.52. The monoisotopic (exact) mass is 612 g/mol. The fourth-order valence-corrected chi connectivity index (χ4v) is 11.5. The van der Waals surface area contributed by atoms with Crippen molar-refractivity contribution in [2.45, 2.75) is 23.6 Å². The Kier molecular flexibility index (Phi) is 8.86. The molecule has 0 aromatic heterocycles. The van der Waals surface area contributed by atoms with E-state index in [1.54, 1.807) is 71.6 Å². The van der Waals surface area contributed by atoms with Gasteiger partial charge in [-0.05, 0) is 62.8 Å². The minimum Gasteiger partial charge on any atom is -0.507 e. The van der Waals surface area contributed by atoms with Crippen molar-refractivity contribution in [3.05, 3.63) is 87.7 Å². The van der Waals surface area contributed by atoms with E-state index >= 15 is 0 Å². The highest BCUT2D eigenvalue weighted by Gasteiger charge is 2.29. The van der Waals surface area contributed by atoms with E-state index in [0.717, 1.165) is 20.9 Å². The molecule has 0 atom stereocenters. The molecule has 3 aromatic rings. The number of aromatic hydroxyl groups is 2. The minimum atomic E-state index is 0.184. The predicted octanol–water partition coefficient (Wildman–Crippen LogP) is 9.87. The third-order valence-corrected chi connectivity index (χ3v) is 13.8. The molecule has 2 aliphatic heterocycles. The molecule has 194 valence electrons. The van der Waals surface area contributed by atoms with Crippen LogP contribution in [0.5, 0.6) is 11.5 Å². The predicted molar refractivity (Wildman–Crippen MR) is 175 cm³/mol. The van der Waals surface area contributed by atoms with Crippen molar-refractivity contribution < 1.29 is 10.2 Å². The smallest absolute Gasteiger partial charge is 0.124 e. The van der Waals surface area contributed by atoms with Gasteiger partial charge in [-0.25, -0.2) is 0 Å². The number of aliphatic imine (C=N–C) groups is 2. The highest BCUT2D eigenvalue weighted by molar-refractivity contribution is 8.41. The second-order valence-electron chi connectivity index (χ2n) is 8.39. The van der Waals surface area contributed by atoms with Gasteiger partial charge in [0.2, 0.25) is 0 Å². The Labute approximate surface area is 248 Å². The quantitative estimate of drug-likeness (QED) is 0.267. The molecule has 0 unspecified atom stereocenters. The average Bonchev–Trinajstić information content (AvgIpc) is 3.52. The molecule has 3 aromatic carbocycles. The minimum absolute atomic E-state index is 0.184. The molecule has 0 amide bonds. The van der Waals surface area contributed by atoms with Crippen molar-refractivity contribution in [2.75, 3.05) is 12.5 Å². The summed E-state index contributed by atoms with van der Waals surface area (Å²) in [5, 5.41) is 20.6. The number of benzene rings is 3. The van der Waals surface area contributed by atoms with Crippen LogP contribution in [0.4, 0.5) is 11.4 Å². The maximum absolute atomic E-state index is 10.3. The number of aryl methyl sites for hydroxylation is 2. The van der Waals surface area contributed by atoms with Crippen LogP contribution in [0.3, 0.4) is 0 Å². The second-order valence-corrected chi connectivity index (χ2v) is 15.2. The highest BCUT2D eigenvalue weighted by Crippen LogP contribution is 2.64. The van der Waals surface area contributed by atoms with Gasteiger partial charge in [-0.15, -0.1) is 23.5 Å². The first-order valence-corrected chi connectivity index (χ1v) is 17.2. The van der Waals surface area contributed by atoms with Crippen LogP contribution >= 0.6 is 70.6 Å². The number of rotatable bonds is 6. The van der Waals surface area contributed by atoms with Gasteiger partial charge in [0, 0.05) is 33.3 Å². The van der Waals surface area contributed by atoms with Crippen LogP contribution in [0.25, 0.3) is 0 Å². The summed E-state index contributed by atoms with van der Waals surface area (Å²) in [7, 11) is 0. The second kappa shape index (κ2) is 12.1. The van der Waals surface area contributed by atoms with Crippen molar-refractivity contribution >= 4 is 94.4 Å². The lowest BCUT2D eigenvalue weighted by atomic mass is 10.1. The van der Waals surface area contributed by atoms with E-state index in [1.165, 1.54) is 16.9 Å². The van der Waals surface area contributed by atoms with Gasteiger partial charge in [-0.2, -0.15) is 0 Å². The molecule has 0 bridgehead atoms. The van der Waals surface area contributed by atoms with E-state index in [0.29, 0.717) is 22.5 Å². The SMILES string of the molecule is CSC1=C(SC)SC(=C2Sc3cc(N=Cc4cc(C)ccc4O)c(N=Cc4cc(C)ccc4O)cc3S2)S1. The van der Waals surface area contributed by atoms with E-state index in [9.17, 15) is 10.2 Å². The number of fused-ring (bicyclic) bond motifs is 1. The molecule has 0 spiro atoms. The Bertz CT molecular complexity index is 1430. The van der Waals surface area contributed by atoms with Crippen LogP contribution in [-0.4, -0.2) is 35.2 Å². The molecule has 0 saturated heterocycles. The molecule has 5 rings (SSSR count). The summed E-state index contributed by atoms with van der Waals surface area (Å²) in [5.74, 6) is 0.369. The number of nitrogens with zero attached hydrogens (tertiary/aromatic N) is 2. The summed E-state index contributed by atoms with van der Waals surface area (Å²) in [6.07, 6.45) is 7.62. The maximum atomic E-state index is 10.3. The maximum Gasteiger partial charge on any atom is 0.124 e. The highest BCUT2D eigenvalue weighted by atomic mass is 32.3. The summed E-state index contributed by atoms with van der Waals surface area (Å²) < 4.78 is 5.30. The van der Waals surface area contributed by atoms with E-state index in [-0.39, 0.29) is 11.5 Å². The van der Waals surface area contributed by atoms with Crippen molar-refractivity contribution in [2.24, 2.45) is 9.98 Å². The standard InChI is InChI=1S/C28H24N2O2S6/c1-15-5-7-21(31)17(9-15)13-29-19-11-23-24(12-20(19)30-14-18-10-16(2)6-8-22(18)32)36-27(35-23)28-37-25(33-3)26(34-4)38-28/h5-14,31-32H,1-4H3. The van der Waals surface area contributed by atoms with Crippen molar-refractivity contribution in [1.29, 1.82) is 0 Å². The molecule has 0 fully saturated rings. The fraction of sp³-hybridized carbons (Fsp3) is 0.143. The molecule has 2 heterocycles. The van der Waals surface area contributed by atoms with Gasteiger partial charge in [0.05, 0.1) is 28.3 Å². The number of thioether (sulfide) groups is 6. The zero-order chi connectivity index (χ0) is 26.8. The topological polar surface area (TPSA) is 65.2 Å². The average molecular weight is 613 g/mol. The summed E-state index contributed by atoms with van der Waals surface area (Å²) in [6.45, 7) is 3.97. The first-order valence-electron chi connectivity index (χ1n) is 11.5. The first kappa shape index (κ1) is 27.7. The van der Waals surface area contributed by atoms with Crippen LogP contribution in [0.1, 0.15) is 22.3 Å². The number of phenols is 2. The number of hydrogen-bond donors (Lipinski definition) is 2. The van der Waals surface area contributed by atoms with E-state index in [2.05, 4.69) is 24.6 Å². The van der Waals surface area contributed by atoms with Gasteiger partial charge in [0.25, 0.3) is 0 Å². The Morgan fingerprint density at radius 1 is 0.632 bits per heavy atom. The molecule has 2 aliphatic rings. The lowest BCUT2D eigenvalue weighted by Crippen LogP contribution is -1.86. The third kappa shape index (κ3) is 6.16. The summed E-state index contributed by atoms with van der Waals surface area (Å²) in [5.41, 5.74) is 4.80. The van der Waals surface area contributed by atoms with Crippen molar-refractivity contribution in [3.63, 3.8) is 0 Å². The largest absolute Gasteiger partial charge is 0.507 e. The van der Waals surface area contributed by atoms with Crippen LogP contribution in [0, 0.1) is 13.8 Å². The third-order valence-electron chi connectivity index (χ3n) is 5.57. The lowest BCUT2D eigenvalue weighted by molar-refractivity contribution is 0.474. The van der Waals surface area contributed by atoms with Gasteiger partial charge in [-0.3, -0.25) is 9.98 Å². The molecular formula is C28H24N2O2S6. The first-order chi connectivity index (χ1) is 18.3. The summed E-state index contributed by atoms with van der Waals surface area (Å²) >= 11 is 10.8. The molecule has 0 saturated carbocycles. The van der Waals surface area contributed by atoms with Crippen molar-refractivity contribution in [1.82, 2.24) is 0 Å². The van der Waals surface area contributed by atoms with Gasteiger partial charge >= 0.3 is 0 Å². The molecule has 0 radical (unpaired) electrons. The zero-order valence-electron chi connectivity index (χ0n) is 21.0. The van der Waals surface area contributed by atoms with Gasteiger partial charge in [0.15, 0.2) is 0 Å². The Morgan fingerprint density at radius 3 is 1.47 bits per heavy atom. The van der Waals surface area contributed by atoms with Crippen LogP contribution < -0.4 is 0 Å². The van der Waals surface area contributed by atoms with E-state index in [1.807, 2.05) is 61.6 Å². The fourth-order valence-electron chi connectivity index (χ4n) is 3.65. The molecule has 2 N–H and O–H groups in total. The molecule has 38 heavy (non-hydrogen) atoms. The van der Waals surface area contributed by atoms with Crippen LogP contribution in [0.2, 0.25) is 0 Å². The lowest BCUT2D eigenvalue weighted by Gasteiger charge is -2.06. The van der Waals surface area contributed by atoms with Crippen LogP contribution in [0.15, 0.2) is 85.3 Å². The molecule has 0 aliphatic carbocycles. The van der Waals surface area contributed by atoms with E-state index < -0.39 is 0 Å². The Hall–Kier alpha value is -1.82. The van der Waals surface area contributed by atoms with Crippen LogP contribution in [-0.2, 0) is 0 Å². The Morgan fingerprint density at radius 2 is 1.05 bits per heavy atom. The summed E-state index contributed by atoms with van der Waals surface area (Å²) in [6, 6.07) is 15.0. The van der Waals surface area contributed by atoms with Crippen molar-refractivity contribution in [3.8, 4) is 11.5 Å². The normalized spacial score (nSPS) is 15.5. The van der Waals surface area contributed by atoms with Gasteiger partial charge in [0.1, 0.15) is 11.5 Å². The van der Waals surface area contributed by atoms with Gasteiger partial charge in [-0.1, -0.05) is 70.3 Å². The van der Waals surface area contributed by atoms with Gasteiger partial charge < -0.3 is 10.2 Å². The number of hydrogen-bond acceptors (Lipinski definition) is 10. The summed E-state index contributed by atoms with van der Waals surface area (Å²) in [4.78, 5) is 11.8.